The Hall–Kier alpha value is -2.86. The number of para-hydroxylation sites is 1. The average molecular weight is 386 g/mol. The molecule has 0 aliphatic rings. The van der Waals surface area contributed by atoms with E-state index in [-0.39, 0.29) is 12.3 Å². The van der Waals surface area contributed by atoms with Gasteiger partial charge in [0.05, 0.1) is 12.7 Å². The molecule has 0 saturated carbocycles. The Morgan fingerprint density at radius 2 is 1.89 bits per heavy atom. The number of nitrogens with zero attached hydrogens (tertiary/aromatic N) is 2. The predicted molar refractivity (Wildman–Crippen MR) is 103 cm³/mol. The zero-order valence-electron chi connectivity index (χ0n) is 14.9. The van der Waals surface area contributed by atoms with Crippen LogP contribution < -0.4 is 10.1 Å². The summed E-state index contributed by atoms with van der Waals surface area (Å²) in [4.78, 5) is 12.0. The molecule has 0 fully saturated rings. The number of aryl methyl sites for hydroxylation is 1. The lowest BCUT2D eigenvalue weighted by Gasteiger charge is -2.05. The van der Waals surface area contributed by atoms with Gasteiger partial charge in [0.15, 0.2) is 0 Å². The quantitative estimate of drug-likeness (QED) is 0.639. The first-order valence-electron chi connectivity index (χ1n) is 8.62. The highest BCUT2D eigenvalue weighted by Gasteiger charge is 2.13. The third kappa shape index (κ3) is 5.31. The summed E-state index contributed by atoms with van der Waals surface area (Å²) in [5.74, 6) is 1.41. The monoisotopic (exact) mass is 385 g/mol. The Morgan fingerprint density at radius 3 is 2.67 bits per heavy atom. The van der Waals surface area contributed by atoms with Crippen molar-refractivity contribution < 1.29 is 13.9 Å². The summed E-state index contributed by atoms with van der Waals surface area (Å²) in [6.07, 6.45) is 1.42. The van der Waals surface area contributed by atoms with Crippen molar-refractivity contribution in [2.75, 3.05) is 13.7 Å². The van der Waals surface area contributed by atoms with Gasteiger partial charge < -0.3 is 14.5 Å². The molecule has 1 heterocycles. The van der Waals surface area contributed by atoms with Crippen LogP contribution in [0.2, 0.25) is 5.02 Å². The van der Waals surface area contributed by atoms with Crippen LogP contribution in [0.4, 0.5) is 0 Å². The van der Waals surface area contributed by atoms with Gasteiger partial charge in [-0.05, 0) is 36.2 Å². The number of ether oxygens (including phenoxy) is 1. The molecule has 0 saturated heterocycles. The van der Waals surface area contributed by atoms with Crippen molar-refractivity contribution in [1.29, 1.82) is 0 Å². The first-order valence-corrected chi connectivity index (χ1v) is 9.00. The maximum absolute atomic E-state index is 12.0. The molecule has 0 bridgehead atoms. The summed E-state index contributed by atoms with van der Waals surface area (Å²) in [6, 6.07) is 15.0. The number of rotatable bonds is 8. The lowest BCUT2D eigenvalue weighted by Crippen LogP contribution is -2.25. The van der Waals surface area contributed by atoms with Crippen LogP contribution in [-0.2, 0) is 17.6 Å². The summed E-state index contributed by atoms with van der Waals surface area (Å²) in [5.41, 5.74) is 1.85. The van der Waals surface area contributed by atoms with Gasteiger partial charge in [-0.3, -0.25) is 4.79 Å². The Kier molecular flexibility index (Phi) is 6.44. The van der Waals surface area contributed by atoms with Gasteiger partial charge in [-0.1, -0.05) is 35.9 Å². The number of nitrogens with one attached hydrogen (secondary N) is 1. The van der Waals surface area contributed by atoms with Crippen LogP contribution in [0.15, 0.2) is 52.9 Å². The second-order valence-corrected chi connectivity index (χ2v) is 6.36. The highest BCUT2D eigenvalue weighted by Crippen LogP contribution is 2.28. The first kappa shape index (κ1) is 18.9. The maximum atomic E-state index is 12.0. The molecule has 1 amide bonds. The van der Waals surface area contributed by atoms with E-state index in [2.05, 4.69) is 15.5 Å². The Bertz CT molecular complexity index is 893. The van der Waals surface area contributed by atoms with Gasteiger partial charge in [0.25, 0.3) is 5.89 Å². The van der Waals surface area contributed by atoms with E-state index in [1.807, 2.05) is 48.5 Å². The molecular weight excluding hydrogens is 366 g/mol. The molecular formula is C20H20ClN3O3. The van der Waals surface area contributed by atoms with Crippen LogP contribution in [-0.4, -0.2) is 29.8 Å². The molecule has 27 heavy (non-hydrogen) atoms. The second kappa shape index (κ2) is 9.19. The van der Waals surface area contributed by atoms with Crippen LogP contribution in [0.1, 0.15) is 17.9 Å². The smallest absolute Gasteiger partial charge is 0.251 e. The molecule has 0 atom stereocenters. The van der Waals surface area contributed by atoms with Crippen LogP contribution >= 0.6 is 11.6 Å². The van der Waals surface area contributed by atoms with Crippen LogP contribution in [0.5, 0.6) is 5.75 Å². The van der Waals surface area contributed by atoms with Crippen molar-refractivity contribution in [3.63, 3.8) is 0 Å². The van der Waals surface area contributed by atoms with Gasteiger partial charge in [-0.25, -0.2) is 0 Å². The molecule has 0 unspecified atom stereocenters. The summed E-state index contributed by atoms with van der Waals surface area (Å²) in [7, 11) is 1.59. The molecule has 1 aromatic heterocycles. The molecule has 2 aromatic carbocycles. The minimum absolute atomic E-state index is 0.0546. The highest BCUT2D eigenvalue weighted by atomic mass is 35.5. The molecule has 1 N–H and O–H groups in total. The van der Waals surface area contributed by atoms with E-state index < -0.39 is 0 Å². The van der Waals surface area contributed by atoms with Crippen LogP contribution in [0.3, 0.4) is 0 Å². The summed E-state index contributed by atoms with van der Waals surface area (Å²) < 4.78 is 10.9. The standard InChI is InChI=1S/C20H20ClN3O3/c1-26-17-5-3-2-4-16(17)20-24-23-19(27-20)11-10-18(25)22-13-12-14-6-8-15(21)9-7-14/h2-9H,10-13H2,1H3,(H,22,25). The Morgan fingerprint density at radius 1 is 1.11 bits per heavy atom. The van der Waals surface area contributed by atoms with Gasteiger partial charge in [0, 0.05) is 24.4 Å². The van der Waals surface area contributed by atoms with Crippen molar-refractivity contribution in [2.45, 2.75) is 19.3 Å². The Labute approximate surface area is 162 Å². The number of benzene rings is 2. The highest BCUT2D eigenvalue weighted by molar-refractivity contribution is 6.30. The fourth-order valence-electron chi connectivity index (χ4n) is 2.59. The predicted octanol–water partition coefficient (Wildman–Crippen LogP) is 3.69. The number of carbonyl (C=O) groups is 1. The van der Waals surface area contributed by atoms with Crippen molar-refractivity contribution in [3.8, 4) is 17.2 Å². The van der Waals surface area contributed by atoms with Gasteiger partial charge in [0.1, 0.15) is 5.75 Å². The molecule has 6 nitrogen and oxygen atoms in total. The van der Waals surface area contributed by atoms with E-state index in [1.165, 1.54) is 0 Å². The molecule has 0 spiro atoms. The largest absolute Gasteiger partial charge is 0.496 e. The third-order valence-corrected chi connectivity index (χ3v) is 4.27. The third-order valence-electron chi connectivity index (χ3n) is 4.02. The number of carbonyl (C=O) groups excluding carboxylic acids is 1. The molecule has 3 rings (SSSR count). The minimum Gasteiger partial charge on any atom is -0.496 e. The van der Waals surface area contributed by atoms with E-state index in [1.54, 1.807) is 7.11 Å². The zero-order valence-corrected chi connectivity index (χ0v) is 15.7. The fourth-order valence-corrected chi connectivity index (χ4v) is 2.72. The SMILES string of the molecule is COc1ccccc1-c1nnc(CCC(=O)NCCc2ccc(Cl)cc2)o1. The van der Waals surface area contributed by atoms with Crippen molar-refractivity contribution in [2.24, 2.45) is 0 Å². The topological polar surface area (TPSA) is 77.2 Å². The summed E-state index contributed by atoms with van der Waals surface area (Å²) in [6.45, 7) is 0.566. The maximum Gasteiger partial charge on any atom is 0.251 e. The van der Waals surface area contributed by atoms with E-state index >= 15 is 0 Å². The van der Waals surface area contributed by atoms with Gasteiger partial charge >= 0.3 is 0 Å². The number of aromatic nitrogens is 2. The van der Waals surface area contributed by atoms with Gasteiger partial charge in [0.2, 0.25) is 11.8 Å². The Balaban J connectivity index is 1.46. The van der Waals surface area contributed by atoms with E-state index in [0.717, 1.165) is 17.5 Å². The molecule has 140 valence electrons. The van der Waals surface area contributed by atoms with E-state index in [9.17, 15) is 4.79 Å². The number of methoxy groups -OCH3 is 1. The number of hydrogen-bond donors (Lipinski definition) is 1. The molecule has 3 aromatic rings. The lowest BCUT2D eigenvalue weighted by atomic mass is 10.1. The molecule has 0 aliphatic carbocycles. The lowest BCUT2D eigenvalue weighted by molar-refractivity contribution is -0.121. The molecule has 0 radical (unpaired) electrons. The van der Waals surface area contributed by atoms with E-state index in [4.69, 9.17) is 20.8 Å². The zero-order chi connectivity index (χ0) is 19.1. The van der Waals surface area contributed by atoms with Gasteiger partial charge in [-0.15, -0.1) is 10.2 Å². The average Bonchev–Trinajstić information content (AvgIpc) is 3.17. The van der Waals surface area contributed by atoms with Crippen molar-refractivity contribution in [1.82, 2.24) is 15.5 Å². The normalized spacial score (nSPS) is 10.6. The molecule has 7 heteroatoms. The van der Waals surface area contributed by atoms with Crippen molar-refractivity contribution >= 4 is 17.5 Å². The number of halogens is 1. The van der Waals surface area contributed by atoms with Crippen molar-refractivity contribution in [3.05, 3.63) is 65.0 Å². The van der Waals surface area contributed by atoms with Crippen LogP contribution in [0, 0.1) is 0 Å². The number of amides is 1. The minimum atomic E-state index is -0.0546. The molecule has 0 aliphatic heterocycles. The van der Waals surface area contributed by atoms with Crippen LogP contribution in [0.25, 0.3) is 11.5 Å². The fraction of sp³-hybridized carbons (Fsp3) is 0.250. The second-order valence-electron chi connectivity index (χ2n) is 5.93. The summed E-state index contributed by atoms with van der Waals surface area (Å²) >= 11 is 5.86. The first-order chi connectivity index (χ1) is 13.2. The number of hydrogen-bond acceptors (Lipinski definition) is 5. The summed E-state index contributed by atoms with van der Waals surface area (Å²) in [5, 5.41) is 11.6. The van der Waals surface area contributed by atoms with Gasteiger partial charge in [-0.2, -0.15) is 0 Å². The van der Waals surface area contributed by atoms with E-state index in [0.29, 0.717) is 35.5 Å².